The van der Waals surface area contributed by atoms with Gasteiger partial charge < -0.3 is 20.8 Å². The van der Waals surface area contributed by atoms with Crippen molar-refractivity contribution < 1.29 is 9.53 Å². The van der Waals surface area contributed by atoms with Gasteiger partial charge in [-0.25, -0.2) is 5.43 Å². The van der Waals surface area contributed by atoms with Crippen LogP contribution in [0.1, 0.15) is 17.3 Å². The molecule has 0 aliphatic rings. The van der Waals surface area contributed by atoms with E-state index in [1.54, 1.807) is 22.8 Å². The highest BCUT2D eigenvalue weighted by Crippen LogP contribution is 2.19. The Labute approximate surface area is 138 Å². The summed E-state index contributed by atoms with van der Waals surface area (Å²) in [5, 5.41) is 3.80. The fourth-order valence-corrected chi connectivity index (χ4v) is 2.10. The van der Waals surface area contributed by atoms with Gasteiger partial charge in [-0.15, -0.1) is 17.5 Å². The molecule has 2 aromatic rings. The molecule has 0 atom stereocenters. The van der Waals surface area contributed by atoms with E-state index in [1.165, 1.54) is 13.3 Å². The average Bonchev–Trinajstić information content (AvgIpc) is 2.52. The Morgan fingerprint density at radius 1 is 1.39 bits per heavy atom. The van der Waals surface area contributed by atoms with Gasteiger partial charge in [0.2, 0.25) is 11.4 Å². The van der Waals surface area contributed by atoms with Crippen LogP contribution in [-0.4, -0.2) is 23.5 Å². The Kier molecular flexibility index (Phi) is 5.97. The van der Waals surface area contributed by atoms with E-state index in [-0.39, 0.29) is 23.9 Å². The van der Waals surface area contributed by atoms with E-state index in [9.17, 15) is 9.59 Å². The second-order valence-corrected chi connectivity index (χ2v) is 4.52. The number of rotatable bonds is 4. The van der Waals surface area contributed by atoms with Crippen LogP contribution in [-0.2, 0) is 6.54 Å². The molecule has 1 aromatic heterocycles. The molecule has 8 nitrogen and oxygen atoms in total. The van der Waals surface area contributed by atoms with Crippen LogP contribution in [0.25, 0.3) is 10.9 Å². The van der Waals surface area contributed by atoms with Crippen molar-refractivity contribution in [1.82, 2.24) is 9.99 Å². The second kappa shape index (κ2) is 7.50. The molecule has 23 heavy (non-hydrogen) atoms. The number of aromatic nitrogens is 1. The van der Waals surface area contributed by atoms with Gasteiger partial charge in [0.25, 0.3) is 5.91 Å². The summed E-state index contributed by atoms with van der Waals surface area (Å²) in [6.45, 7) is 2.50. The lowest BCUT2D eigenvalue weighted by Gasteiger charge is -2.11. The van der Waals surface area contributed by atoms with Crippen molar-refractivity contribution in [3.8, 4) is 5.75 Å². The SMILES string of the molecule is CCn1cc(C(=O)NN=C(N)N)c(=O)c2cc(OC)ccc21.Cl. The number of aryl methyl sites for hydroxylation is 1. The minimum absolute atomic E-state index is 0. The number of benzene rings is 1. The van der Waals surface area contributed by atoms with Gasteiger partial charge in [-0.05, 0) is 25.1 Å². The molecule has 0 spiro atoms. The molecule has 0 aliphatic heterocycles. The Morgan fingerprint density at radius 2 is 2.09 bits per heavy atom. The normalized spacial score (nSPS) is 9.83. The zero-order valence-corrected chi connectivity index (χ0v) is 13.5. The smallest absolute Gasteiger partial charge is 0.276 e. The molecule has 0 radical (unpaired) electrons. The molecule has 124 valence electrons. The maximum atomic E-state index is 12.5. The number of guanidine groups is 1. The molecule has 0 saturated heterocycles. The number of carbonyl (C=O) groups excluding carboxylic acids is 1. The Morgan fingerprint density at radius 3 is 2.65 bits per heavy atom. The number of nitrogens with zero attached hydrogens (tertiary/aromatic N) is 2. The summed E-state index contributed by atoms with van der Waals surface area (Å²) in [5.74, 6) is -0.439. The molecule has 0 aliphatic carbocycles. The number of hydrogen-bond acceptors (Lipinski definition) is 4. The average molecular weight is 340 g/mol. The third-order valence-electron chi connectivity index (χ3n) is 3.16. The van der Waals surface area contributed by atoms with Gasteiger partial charge >= 0.3 is 0 Å². The van der Waals surface area contributed by atoms with E-state index in [4.69, 9.17) is 16.2 Å². The summed E-state index contributed by atoms with van der Waals surface area (Å²) in [6.07, 6.45) is 1.48. The van der Waals surface area contributed by atoms with Gasteiger partial charge in [0.15, 0.2) is 0 Å². The summed E-state index contributed by atoms with van der Waals surface area (Å²) in [7, 11) is 1.51. The van der Waals surface area contributed by atoms with Crippen molar-refractivity contribution in [2.75, 3.05) is 7.11 Å². The lowest BCUT2D eigenvalue weighted by Crippen LogP contribution is -2.31. The predicted octanol–water partition coefficient (Wildman–Crippen LogP) is 0.370. The standard InChI is InChI=1S/C14H17N5O3.ClH/c1-3-19-7-10(13(21)17-18-14(15)16)12(20)9-6-8(22-2)4-5-11(9)19;/h4-7H,3H2,1-2H3,(H,17,21)(H4,15,16,18);1H. The minimum atomic E-state index is -0.676. The molecule has 0 bridgehead atoms. The number of methoxy groups -OCH3 is 1. The number of amides is 1. The molecule has 9 heteroatoms. The van der Waals surface area contributed by atoms with Gasteiger partial charge in [-0.1, -0.05) is 0 Å². The van der Waals surface area contributed by atoms with Crippen molar-refractivity contribution in [2.24, 2.45) is 16.6 Å². The third-order valence-corrected chi connectivity index (χ3v) is 3.16. The van der Waals surface area contributed by atoms with Crippen LogP contribution in [0.2, 0.25) is 0 Å². The quantitative estimate of drug-likeness (QED) is 0.421. The zero-order chi connectivity index (χ0) is 16.3. The van der Waals surface area contributed by atoms with Crippen molar-refractivity contribution >= 4 is 35.2 Å². The van der Waals surface area contributed by atoms with E-state index in [0.29, 0.717) is 23.2 Å². The summed E-state index contributed by atoms with van der Waals surface area (Å²) < 4.78 is 6.92. The number of ether oxygens (including phenoxy) is 1. The van der Waals surface area contributed by atoms with Crippen LogP contribution < -0.4 is 27.1 Å². The molecule has 1 heterocycles. The highest BCUT2D eigenvalue weighted by molar-refractivity contribution is 5.98. The first kappa shape index (κ1) is 18.3. The van der Waals surface area contributed by atoms with E-state index in [1.807, 2.05) is 6.92 Å². The largest absolute Gasteiger partial charge is 0.497 e. The fourth-order valence-electron chi connectivity index (χ4n) is 2.10. The molecule has 0 saturated carbocycles. The van der Waals surface area contributed by atoms with Gasteiger partial charge in [0, 0.05) is 12.7 Å². The zero-order valence-electron chi connectivity index (χ0n) is 12.7. The number of pyridine rings is 1. The first-order valence-corrected chi connectivity index (χ1v) is 6.58. The number of halogens is 1. The van der Waals surface area contributed by atoms with Crippen LogP contribution in [0.15, 0.2) is 34.3 Å². The van der Waals surface area contributed by atoms with Gasteiger partial charge in [0.05, 0.1) is 18.0 Å². The topological polar surface area (TPSA) is 125 Å². The maximum absolute atomic E-state index is 12.5. The second-order valence-electron chi connectivity index (χ2n) is 4.52. The highest BCUT2D eigenvalue weighted by Gasteiger charge is 2.15. The van der Waals surface area contributed by atoms with Crippen LogP contribution in [0.4, 0.5) is 0 Å². The summed E-state index contributed by atoms with van der Waals surface area (Å²) in [5.41, 5.74) is 12.7. The Hall–Kier alpha value is -2.74. The lowest BCUT2D eigenvalue weighted by atomic mass is 10.1. The molecular formula is C14H18ClN5O3. The maximum Gasteiger partial charge on any atom is 0.276 e. The lowest BCUT2D eigenvalue weighted by molar-refractivity contribution is 0.0953. The third kappa shape index (κ3) is 3.72. The monoisotopic (exact) mass is 339 g/mol. The van der Waals surface area contributed by atoms with Gasteiger partial charge in [-0.3, -0.25) is 9.59 Å². The number of hydrogen-bond donors (Lipinski definition) is 3. The number of hydrazone groups is 1. The van der Waals surface area contributed by atoms with Crippen molar-refractivity contribution in [3.05, 3.63) is 40.2 Å². The Balaban J connectivity index is 0.00000264. The summed E-state index contributed by atoms with van der Waals surface area (Å²) >= 11 is 0. The molecule has 1 aromatic carbocycles. The van der Waals surface area contributed by atoms with E-state index < -0.39 is 11.3 Å². The molecule has 0 unspecified atom stereocenters. The molecule has 5 N–H and O–H groups in total. The van der Waals surface area contributed by atoms with Crippen molar-refractivity contribution in [2.45, 2.75) is 13.5 Å². The predicted molar refractivity (Wildman–Crippen MR) is 91.0 cm³/mol. The van der Waals surface area contributed by atoms with E-state index in [2.05, 4.69) is 10.5 Å². The molecule has 1 amide bonds. The van der Waals surface area contributed by atoms with Gasteiger partial charge in [-0.2, -0.15) is 0 Å². The van der Waals surface area contributed by atoms with E-state index >= 15 is 0 Å². The number of nitrogens with one attached hydrogen (secondary N) is 1. The van der Waals surface area contributed by atoms with Crippen LogP contribution >= 0.6 is 12.4 Å². The minimum Gasteiger partial charge on any atom is -0.497 e. The van der Waals surface area contributed by atoms with Crippen LogP contribution in [0, 0.1) is 0 Å². The first-order chi connectivity index (χ1) is 10.5. The van der Waals surface area contributed by atoms with Crippen LogP contribution in [0.3, 0.4) is 0 Å². The summed E-state index contributed by atoms with van der Waals surface area (Å²) in [6, 6.07) is 5.13. The van der Waals surface area contributed by atoms with Crippen molar-refractivity contribution in [1.29, 1.82) is 0 Å². The number of carbonyl (C=O) groups is 1. The highest BCUT2D eigenvalue weighted by atomic mass is 35.5. The first-order valence-electron chi connectivity index (χ1n) is 6.58. The van der Waals surface area contributed by atoms with Crippen LogP contribution in [0.5, 0.6) is 5.75 Å². The molecule has 2 rings (SSSR count). The number of nitrogens with two attached hydrogens (primary N) is 2. The van der Waals surface area contributed by atoms with E-state index in [0.717, 1.165) is 0 Å². The molecule has 0 fully saturated rings. The summed E-state index contributed by atoms with van der Waals surface area (Å²) in [4.78, 5) is 24.6. The number of fused-ring (bicyclic) bond motifs is 1. The fraction of sp³-hybridized carbons (Fsp3) is 0.214. The Bertz CT molecular complexity index is 812. The molecular weight excluding hydrogens is 322 g/mol. The van der Waals surface area contributed by atoms with Crippen molar-refractivity contribution in [3.63, 3.8) is 0 Å². The van der Waals surface area contributed by atoms with Gasteiger partial charge in [0.1, 0.15) is 11.3 Å².